The van der Waals surface area contributed by atoms with Gasteiger partial charge in [0.25, 0.3) is 0 Å². The zero-order valence-corrected chi connectivity index (χ0v) is 6.83. The quantitative estimate of drug-likeness (QED) is 0.601. The maximum absolute atomic E-state index is 10.4. The largest absolute Gasteiger partial charge is 0.545 e. The van der Waals surface area contributed by atoms with Crippen LogP contribution in [0.1, 0.15) is 11.1 Å². The maximum atomic E-state index is 10.4. The van der Waals surface area contributed by atoms with Gasteiger partial charge in [-0.2, -0.15) is 0 Å². The molecule has 0 spiro atoms. The van der Waals surface area contributed by atoms with Gasteiger partial charge in [0.2, 0.25) is 0 Å². The SMILES string of the molecule is C=C(C(=O)[O-])c1ccc(C)cc1. The molecule has 0 radical (unpaired) electrons. The molecule has 0 saturated heterocycles. The summed E-state index contributed by atoms with van der Waals surface area (Å²) in [5.41, 5.74) is 1.71. The van der Waals surface area contributed by atoms with Crippen molar-refractivity contribution in [2.24, 2.45) is 0 Å². The molecule has 0 heterocycles. The third-order valence-electron chi connectivity index (χ3n) is 1.65. The molecular weight excluding hydrogens is 152 g/mol. The molecule has 0 N–H and O–H groups in total. The summed E-state index contributed by atoms with van der Waals surface area (Å²) in [4.78, 5) is 10.4. The van der Waals surface area contributed by atoms with Crippen molar-refractivity contribution < 1.29 is 9.90 Å². The molecule has 0 bridgehead atoms. The van der Waals surface area contributed by atoms with Crippen molar-refractivity contribution in [3.63, 3.8) is 0 Å². The molecule has 0 aromatic heterocycles. The average molecular weight is 161 g/mol. The summed E-state index contributed by atoms with van der Waals surface area (Å²) < 4.78 is 0. The molecule has 0 aliphatic rings. The molecular formula is C10H9O2-. The van der Waals surface area contributed by atoms with Crippen LogP contribution in [0.15, 0.2) is 30.8 Å². The van der Waals surface area contributed by atoms with E-state index in [4.69, 9.17) is 0 Å². The van der Waals surface area contributed by atoms with Crippen LogP contribution in [0.5, 0.6) is 0 Å². The second kappa shape index (κ2) is 3.22. The van der Waals surface area contributed by atoms with Crippen molar-refractivity contribution >= 4 is 11.5 Å². The zero-order chi connectivity index (χ0) is 9.14. The van der Waals surface area contributed by atoms with Gasteiger partial charge in [-0.15, -0.1) is 0 Å². The molecule has 62 valence electrons. The Morgan fingerprint density at radius 3 is 2.25 bits per heavy atom. The molecule has 0 aliphatic carbocycles. The molecule has 0 atom stereocenters. The first-order valence-corrected chi connectivity index (χ1v) is 3.58. The van der Waals surface area contributed by atoms with Crippen molar-refractivity contribution in [2.45, 2.75) is 6.92 Å². The van der Waals surface area contributed by atoms with Gasteiger partial charge in [-0.05, 0) is 18.1 Å². The second-order valence-electron chi connectivity index (χ2n) is 2.63. The Labute approximate surface area is 71.2 Å². The number of carbonyl (C=O) groups excluding carboxylic acids is 1. The number of rotatable bonds is 2. The van der Waals surface area contributed by atoms with E-state index in [1.165, 1.54) is 0 Å². The van der Waals surface area contributed by atoms with Crippen LogP contribution in [0.25, 0.3) is 5.57 Å². The fourth-order valence-corrected chi connectivity index (χ4v) is 0.873. The number of carboxylic acid groups (broad SMARTS) is 1. The Morgan fingerprint density at radius 2 is 1.83 bits per heavy atom. The standard InChI is InChI=1S/C10H10O2/c1-7-3-5-9(6-4-7)8(2)10(11)12/h3-6H,2H2,1H3,(H,11,12)/p-1. The van der Waals surface area contributed by atoms with Crippen LogP contribution in [-0.2, 0) is 4.79 Å². The van der Waals surface area contributed by atoms with Gasteiger partial charge in [0.15, 0.2) is 0 Å². The fourth-order valence-electron chi connectivity index (χ4n) is 0.873. The summed E-state index contributed by atoms with van der Waals surface area (Å²) in [7, 11) is 0. The molecule has 0 saturated carbocycles. The van der Waals surface area contributed by atoms with E-state index in [2.05, 4.69) is 6.58 Å². The summed E-state index contributed by atoms with van der Waals surface area (Å²) >= 11 is 0. The lowest BCUT2D eigenvalue weighted by atomic mass is 10.1. The molecule has 2 nitrogen and oxygen atoms in total. The molecule has 1 rings (SSSR count). The number of benzene rings is 1. The van der Waals surface area contributed by atoms with Gasteiger partial charge in [-0.25, -0.2) is 0 Å². The highest BCUT2D eigenvalue weighted by atomic mass is 16.4. The molecule has 0 aliphatic heterocycles. The predicted molar refractivity (Wildman–Crippen MR) is 45.2 cm³/mol. The zero-order valence-electron chi connectivity index (χ0n) is 6.83. The first-order chi connectivity index (χ1) is 5.61. The van der Waals surface area contributed by atoms with Crippen LogP contribution in [-0.4, -0.2) is 5.97 Å². The third kappa shape index (κ3) is 1.72. The molecule has 1 aromatic rings. The van der Waals surface area contributed by atoms with Gasteiger partial charge in [0, 0.05) is 0 Å². The average Bonchev–Trinajstić information content (AvgIpc) is 2.04. The second-order valence-corrected chi connectivity index (χ2v) is 2.63. The first-order valence-electron chi connectivity index (χ1n) is 3.58. The van der Waals surface area contributed by atoms with Crippen LogP contribution in [0.3, 0.4) is 0 Å². The van der Waals surface area contributed by atoms with E-state index < -0.39 is 5.97 Å². The fraction of sp³-hybridized carbons (Fsp3) is 0.100. The summed E-state index contributed by atoms with van der Waals surface area (Å²) in [6.07, 6.45) is 0. The molecule has 0 unspecified atom stereocenters. The van der Waals surface area contributed by atoms with E-state index in [1.807, 2.05) is 19.1 Å². The molecule has 0 fully saturated rings. The summed E-state index contributed by atoms with van der Waals surface area (Å²) in [6, 6.07) is 7.10. The van der Waals surface area contributed by atoms with Gasteiger partial charge in [-0.3, -0.25) is 0 Å². The van der Waals surface area contributed by atoms with Crippen LogP contribution in [0.4, 0.5) is 0 Å². The summed E-state index contributed by atoms with van der Waals surface area (Å²) in [5.74, 6) is -1.22. The number of hydrogen-bond acceptors (Lipinski definition) is 2. The summed E-state index contributed by atoms with van der Waals surface area (Å²) in [5, 5.41) is 10.4. The molecule has 12 heavy (non-hydrogen) atoms. The lowest BCUT2D eigenvalue weighted by Gasteiger charge is -2.05. The summed E-state index contributed by atoms with van der Waals surface area (Å²) in [6.45, 7) is 5.33. The van der Waals surface area contributed by atoms with Crippen LogP contribution in [0, 0.1) is 6.92 Å². The molecule has 2 heteroatoms. The van der Waals surface area contributed by atoms with E-state index in [1.54, 1.807) is 12.1 Å². The lowest BCUT2D eigenvalue weighted by Crippen LogP contribution is -2.22. The van der Waals surface area contributed by atoms with Gasteiger partial charge in [0.1, 0.15) is 0 Å². The normalized spacial score (nSPS) is 9.42. The molecule has 0 amide bonds. The Morgan fingerprint density at radius 1 is 1.33 bits per heavy atom. The smallest absolute Gasteiger partial charge is 0.0715 e. The number of hydrogen-bond donors (Lipinski definition) is 0. The van der Waals surface area contributed by atoms with Crippen molar-refractivity contribution in [3.05, 3.63) is 42.0 Å². The highest BCUT2D eigenvalue weighted by Crippen LogP contribution is 2.11. The predicted octanol–water partition coefficient (Wildman–Crippen LogP) is 0.758. The Balaban J connectivity index is 2.98. The van der Waals surface area contributed by atoms with E-state index in [0.29, 0.717) is 5.56 Å². The number of carbonyl (C=O) groups is 1. The minimum atomic E-state index is -1.22. The minimum Gasteiger partial charge on any atom is -0.545 e. The lowest BCUT2D eigenvalue weighted by molar-refractivity contribution is -0.295. The maximum Gasteiger partial charge on any atom is 0.0715 e. The van der Waals surface area contributed by atoms with Crippen LogP contribution >= 0.6 is 0 Å². The van der Waals surface area contributed by atoms with Crippen molar-refractivity contribution in [1.29, 1.82) is 0 Å². The highest BCUT2D eigenvalue weighted by molar-refractivity contribution is 6.13. The van der Waals surface area contributed by atoms with Crippen molar-refractivity contribution in [3.8, 4) is 0 Å². The van der Waals surface area contributed by atoms with E-state index in [0.717, 1.165) is 5.56 Å². The van der Waals surface area contributed by atoms with Gasteiger partial charge in [-0.1, -0.05) is 36.4 Å². The van der Waals surface area contributed by atoms with E-state index in [-0.39, 0.29) is 5.57 Å². The van der Waals surface area contributed by atoms with Crippen LogP contribution in [0.2, 0.25) is 0 Å². The number of aliphatic carboxylic acids is 1. The highest BCUT2D eigenvalue weighted by Gasteiger charge is 1.97. The first kappa shape index (κ1) is 8.53. The van der Waals surface area contributed by atoms with Gasteiger partial charge >= 0.3 is 0 Å². The van der Waals surface area contributed by atoms with Crippen molar-refractivity contribution in [1.82, 2.24) is 0 Å². The topological polar surface area (TPSA) is 40.1 Å². The van der Waals surface area contributed by atoms with E-state index in [9.17, 15) is 9.90 Å². The Bertz CT molecular complexity index is 309. The number of carboxylic acids is 1. The van der Waals surface area contributed by atoms with Crippen molar-refractivity contribution in [2.75, 3.05) is 0 Å². The Hall–Kier alpha value is -1.57. The van der Waals surface area contributed by atoms with Crippen LogP contribution < -0.4 is 5.11 Å². The minimum absolute atomic E-state index is 0.0231. The molecule has 1 aromatic carbocycles. The van der Waals surface area contributed by atoms with E-state index >= 15 is 0 Å². The Kier molecular flexibility index (Phi) is 2.29. The monoisotopic (exact) mass is 161 g/mol. The third-order valence-corrected chi connectivity index (χ3v) is 1.65. The van der Waals surface area contributed by atoms with Gasteiger partial charge < -0.3 is 9.90 Å². The van der Waals surface area contributed by atoms with Gasteiger partial charge in [0.05, 0.1) is 5.97 Å². The number of aryl methyl sites for hydroxylation is 1.